The van der Waals surface area contributed by atoms with E-state index < -0.39 is 0 Å². The number of hydrogen-bond acceptors (Lipinski definition) is 0. The molecule has 0 bridgehead atoms. The molecule has 4 aliphatic carbocycles. The van der Waals surface area contributed by atoms with Crippen molar-refractivity contribution >= 4 is 15.9 Å². The van der Waals surface area contributed by atoms with E-state index in [9.17, 15) is 0 Å². The molecule has 0 aromatic carbocycles. The fourth-order valence-electron chi connectivity index (χ4n) is 7.54. The molecule has 0 nitrogen and oxygen atoms in total. The van der Waals surface area contributed by atoms with Crippen molar-refractivity contribution in [2.75, 3.05) is 5.33 Å². The summed E-state index contributed by atoms with van der Waals surface area (Å²) in [6, 6.07) is 0. The van der Waals surface area contributed by atoms with E-state index in [4.69, 9.17) is 0 Å². The van der Waals surface area contributed by atoms with Gasteiger partial charge >= 0.3 is 0 Å². The van der Waals surface area contributed by atoms with Gasteiger partial charge in [-0.3, -0.25) is 0 Å². The first-order valence-electron chi connectivity index (χ1n) is 9.94. The lowest BCUT2D eigenvalue weighted by atomic mass is 9.47. The molecule has 0 heterocycles. The first-order chi connectivity index (χ1) is 11.0. The van der Waals surface area contributed by atoms with Crippen LogP contribution in [0.5, 0.6) is 0 Å². The summed E-state index contributed by atoms with van der Waals surface area (Å²) < 4.78 is 0. The standard InChI is InChI=1S/C22H33Br/c1-15-14-20-17-8-7-16-6-4-5-11-21(16,2)19(17)9-12-22(20,3)18(15)10-13-23/h5-6,11,15,17-20H,4,7-10,12-14H2,1-3H3/t15-,17-,18+,19+,20+,21+,22-/m1/s1. The average Bonchev–Trinajstić information content (AvgIpc) is 2.79. The van der Waals surface area contributed by atoms with E-state index in [1.165, 1.54) is 50.3 Å². The number of hydrogen-bond donors (Lipinski definition) is 0. The zero-order valence-corrected chi connectivity index (χ0v) is 16.7. The lowest BCUT2D eigenvalue weighted by Crippen LogP contribution is -2.49. The first kappa shape index (κ1) is 16.4. The van der Waals surface area contributed by atoms with Crippen LogP contribution in [0.2, 0.25) is 0 Å². The molecular formula is C22H33Br. The summed E-state index contributed by atoms with van der Waals surface area (Å²) in [6.07, 6.45) is 17.4. The van der Waals surface area contributed by atoms with Gasteiger partial charge in [0.2, 0.25) is 0 Å². The molecule has 3 saturated carbocycles. The molecule has 0 radical (unpaired) electrons. The fourth-order valence-corrected chi connectivity index (χ4v) is 8.03. The molecule has 0 unspecified atom stereocenters. The van der Waals surface area contributed by atoms with Crippen LogP contribution in [0, 0.1) is 40.4 Å². The van der Waals surface area contributed by atoms with Gasteiger partial charge in [0.15, 0.2) is 0 Å². The Morgan fingerprint density at radius 3 is 2.83 bits per heavy atom. The second-order valence-electron chi connectivity index (χ2n) is 9.41. The van der Waals surface area contributed by atoms with Crippen LogP contribution in [0.4, 0.5) is 0 Å². The number of rotatable bonds is 2. The lowest BCUT2D eigenvalue weighted by Gasteiger charge is -2.57. The third kappa shape index (κ3) is 2.28. The second kappa shape index (κ2) is 5.75. The van der Waals surface area contributed by atoms with Crippen LogP contribution in [0.25, 0.3) is 0 Å². The highest BCUT2D eigenvalue weighted by Gasteiger charge is 2.59. The van der Waals surface area contributed by atoms with Crippen molar-refractivity contribution in [2.45, 2.75) is 65.7 Å². The molecule has 0 aliphatic heterocycles. The van der Waals surface area contributed by atoms with Crippen molar-refractivity contribution in [2.24, 2.45) is 40.4 Å². The van der Waals surface area contributed by atoms with Gasteiger partial charge < -0.3 is 0 Å². The van der Waals surface area contributed by atoms with E-state index in [-0.39, 0.29) is 0 Å². The fraction of sp³-hybridized carbons (Fsp3) is 0.818. The molecular weight excluding hydrogens is 344 g/mol. The van der Waals surface area contributed by atoms with Crippen LogP contribution in [-0.4, -0.2) is 5.33 Å². The third-order valence-corrected chi connectivity index (χ3v) is 9.09. The Labute approximate surface area is 151 Å². The Hall–Kier alpha value is -0.0400. The number of alkyl halides is 1. The third-order valence-electron chi connectivity index (χ3n) is 8.63. The van der Waals surface area contributed by atoms with Gasteiger partial charge in [0, 0.05) is 10.7 Å². The molecule has 0 N–H and O–H groups in total. The summed E-state index contributed by atoms with van der Waals surface area (Å²) in [4.78, 5) is 0. The van der Waals surface area contributed by atoms with E-state index in [0.29, 0.717) is 10.8 Å². The molecule has 23 heavy (non-hydrogen) atoms. The Bertz CT molecular complexity index is 532. The van der Waals surface area contributed by atoms with E-state index in [0.717, 1.165) is 29.6 Å². The molecule has 0 aromatic heterocycles. The summed E-state index contributed by atoms with van der Waals surface area (Å²) in [5, 5.41) is 1.19. The molecule has 0 spiro atoms. The summed E-state index contributed by atoms with van der Waals surface area (Å²) in [6.45, 7) is 7.76. The van der Waals surface area contributed by atoms with Crippen LogP contribution < -0.4 is 0 Å². The van der Waals surface area contributed by atoms with Crippen molar-refractivity contribution in [1.82, 2.24) is 0 Å². The summed E-state index contributed by atoms with van der Waals surface area (Å²) >= 11 is 3.73. The zero-order chi connectivity index (χ0) is 16.2. The Balaban J connectivity index is 1.66. The molecule has 0 amide bonds. The maximum atomic E-state index is 3.73. The van der Waals surface area contributed by atoms with E-state index in [1.807, 2.05) is 0 Å². The molecule has 7 atom stereocenters. The van der Waals surface area contributed by atoms with Crippen molar-refractivity contribution in [3.8, 4) is 0 Å². The van der Waals surface area contributed by atoms with Crippen molar-refractivity contribution in [3.05, 3.63) is 23.8 Å². The highest BCUT2D eigenvalue weighted by atomic mass is 79.9. The SMILES string of the molecule is C[C@@H]1C[C@H]2[C@@H]3CCC4=CCC=C[C@]4(C)[C@H]3CC[C@]2(C)[C@H]1CCBr. The van der Waals surface area contributed by atoms with Crippen molar-refractivity contribution in [3.63, 3.8) is 0 Å². The summed E-state index contributed by atoms with van der Waals surface area (Å²) in [5.41, 5.74) is 2.77. The normalized spacial score (nSPS) is 51.7. The smallest absolute Gasteiger partial charge is 0.00936 e. The van der Waals surface area contributed by atoms with Gasteiger partial charge in [-0.15, -0.1) is 0 Å². The van der Waals surface area contributed by atoms with Gasteiger partial charge in [0.05, 0.1) is 0 Å². The maximum absolute atomic E-state index is 3.73. The number of fused-ring (bicyclic) bond motifs is 5. The topological polar surface area (TPSA) is 0 Å². The predicted octanol–water partition coefficient (Wildman–Crippen LogP) is 6.76. The molecule has 0 aromatic rings. The van der Waals surface area contributed by atoms with Gasteiger partial charge in [0.25, 0.3) is 0 Å². The zero-order valence-electron chi connectivity index (χ0n) is 15.2. The Kier molecular flexibility index (Phi) is 4.11. The molecule has 128 valence electrons. The Morgan fingerprint density at radius 1 is 1.22 bits per heavy atom. The van der Waals surface area contributed by atoms with Crippen LogP contribution in [-0.2, 0) is 0 Å². The van der Waals surface area contributed by atoms with Gasteiger partial charge in [-0.2, -0.15) is 0 Å². The minimum atomic E-state index is 0.388. The molecule has 4 aliphatic rings. The van der Waals surface area contributed by atoms with E-state index in [1.54, 1.807) is 5.57 Å². The highest BCUT2D eigenvalue weighted by molar-refractivity contribution is 9.09. The van der Waals surface area contributed by atoms with Gasteiger partial charge in [-0.25, -0.2) is 0 Å². The minimum Gasteiger partial charge on any atom is -0.0928 e. The lowest BCUT2D eigenvalue weighted by molar-refractivity contribution is -0.0348. The second-order valence-corrected chi connectivity index (χ2v) is 10.2. The average molecular weight is 377 g/mol. The van der Waals surface area contributed by atoms with Gasteiger partial charge in [-0.05, 0) is 80.0 Å². The largest absolute Gasteiger partial charge is 0.0928 e. The van der Waals surface area contributed by atoms with Crippen LogP contribution >= 0.6 is 15.9 Å². The minimum absolute atomic E-state index is 0.388. The number of allylic oxidation sites excluding steroid dienone is 4. The molecule has 3 fully saturated rings. The van der Waals surface area contributed by atoms with Gasteiger partial charge in [0.1, 0.15) is 0 Å². The van der Waals surface area contributed by atoms with E-state index in [2.05, 4.69) is 54.9 Å². The van der Waals surface area contributed by atoms with E-state index >= 15 is 0 Å². The summed E-state index contributed by atoms with van der Waals surface area (Å²) in [5.74, 6) is 4.73. The van der Waals surface area contributed by atoms with Crippen LogP contribution in [0.1, 0.15) is 65.7 Å². The van der Waals surface area contributed by atoms with Gasteiger partial charge in [-0.1, -0.05) is 60.5 Å². The highest BCUT2D eigenvalue weighted by Crippen LogP contribution is 2.67. The number of halogens is 1. The quantitative estimate of drug-likeness (QED) is 0.368. The Morgan fingerprint density at radius 2 is 2.04 bits per heavy atom. The molecule has 0 saturated heterocycles. The molecule has 1 heteroatoms. The first-order valence-corrected chi connectivity index (χ1v) is 11.1. The van der Waals surface area contributed by atoms with Crippen molar-refractivity contribution in [1.29, 1.82) is 0 Å². The maximum Gasteiger partial charge on any atom is 0.00936 e. The van der Waals surface area contributed by atoms with Crippen molar-refractivity contribution < 1.29 is 0 Å². The van der Waals surface area contributed by atoms with Crippen LogP contribution in [0.15, 0.2) is 23.8 Å². The monoisotopic (exact) mass is 376 g/mol. The molecule has 4 rings (SSSR count). The predicted molar refractivity (Wildman–Crippen MR) is 103 cm³/mol. The van der Waals surface area contributed by atoms with Crippen LogP contribution in [0.3, 0.4) is 0 Å². The summed E-state index contributed by atoms with van der Waals surface area (Å²) in [7, 11) is 0.